The van der Waals surface area contributed by atoms with Crippen LogP contribution in [-0.2, 0) is 17.1 Å². The summed E-state index contributed by atoms with van der Waals surface area (Å²) in [6, 6.07) is 19.3. The Morgan fingerprint density at radius 2 is 1.78 bits per heavy atom. The molecule has 3 heterocycles. The molecule has 0 bridgehead atoms. The number of anilines is 1. The Balaban J connectivity index is 1.42. The number of aromatic nitrogens is 3. The van der Waals surface area contributed by atoms with E-state index in [4.69, 9.17) is 4.98 Å². The molecule has 7 heteroatoms. The van der Waals surface area contributed by atoms with E-state index in [1.54, 1.807) is 17.0 Å². The van der Waals surface area contributed by atoms with Crippen molar-refractivity contribution in [2.75, 3.05) is 11.4 Å². The van der Waals surface area contributed by atoms with Gasteiger partial charge in [0.05, 0.1) is 17.4 Å². The SMILES string of the molecule is O=C1CCCN1c1ccc(CSc2nc3ccccc3c(=O)n2Cc2cccnc2)cc1. The number of amides is 1. The molecule has 0 N–H and O–H groups in total. The molecule has 5 rings (SSSR count). The lowest BCUT2D eigenvalue weighted by atomic mass is 10.2. The predicted octanol–water partition coefficient (Wildman–Crippen LogP) is 4.26. The van der Waals surface area contributed by atoms with E-state index in [-0.39, 0.29) is 11.5 Å². The largest absolute Gasteiger partial charge is 0.312 e. The van der Waals surface area contributed by atoms with Crippen LogP contribution in [0.2, 0.25) is 0 Å². The first kappa shape index (κ1) is 20.5. The predicted molar refractivity (Wildman–Crippen MR) is 127 cm³/mol. The number of benzene rings is 2. The maximum atomic E-state index is 13.2. The van der Waals surface area contributed by atoms with Gasteiger partial charge in [0, 0.05) is 36.8 Å². The Kier molecular flexibility index (Phi) is 5.73. The number of carbonyl (C=O) groups is 1. The summed E-state index contributed by atoms with van der Waals surface area (Å²) in [6.07, 6.45) is 5.03. The number of thioether (sulfide) groups is 1. The minimum atomic E-state index is -0.0511. The van der Waals surface area contributed by atoms with E-state index in [1.807, 2.05) is 65.6 Å². The van der Waals surface area contributed by atoms with Crippen molar-refractivity contribution >= 4 is 34.3 Å². The van der Waals surface area contributed by atoms with Gasteiger partial charge >= 0.3 is 0 Å². The second kappa shape index (κ2) is 8.96. The number of pyridine rings is 1. The highest BCUT2D eigenvalue weighted by atomic mass is 32.2. The molecule has 0 atom stereocenters. The highest BCUT2D eigenvalue weighted by Gasteiger charge is 2.21. The summed E-state index contributed by atoms with van der Waals surface area (Å²) in [7, 11) is 0. The van der Waals surface area contributed by atoms with E-state index >= 15 is 0 Å². The maximum absolute atomic E-state index is 13.2. The van der Waals surface area contributed by atoms with Crippen molar-refractivity contribution < 1.29 is 4.79 Å². The van der Waals surface area contributed by atoms with Gasteiger partial charge in [-0.15, -0.1) is 0 Å². The minimum Gasteiger partial charge on any atom is -0.312 e. The van der Waals surface area contributed by atoms with Crippen molar-refractivity contribution in [2.45, 2.75) is 30.3 Å². The molecule has 1 aliphatic rings. The lowest BCUT2D eigenvalue weighted by molar-refractivity contribution is -0.117. The van der Waals surface area contributed by atoms with Crippen LogP contribution in [0.25, 0.3) is 10.9 Å². The Bertz CT molecular complexity index is 1320. The molecule has 160 valence electrons. The lowest BCUT2D eigenvalue weighted by Crippen LogP contribution is -2.24. The number of para-hydroxylation sites is 1. The Morgan fingerprint density at radius 1 is 0.938 bits per heavy atom. The molecular formula is C25H22N4O2S. The second-order valence-corrected chi connectivity index (χ2v) is 8.71. The van der Waals surface area contributed by atoms with E-state index in [9.17, 15) is 9.59 Å². The zero-order chi connectivity index (χ0) is 21.9. The van der Waals surface area contributed by atoms with E-state index in [0.717, 1.165) is 29.8 Å². The molecule has 0 unspecified atom stereocenters. The smallest absolute Gasteiger partial charge is 0.262 e. The van der Waals surface area contributed by atoms with Gasteiger partial charge in [0.2, 0.25) is 5.91 Å². The fourth-order valence-corrected chi connectivity index (χ4v) is 4.87. The monoisotopic (exact) mass is 442 g/mol. The van der Waals surface area contributed by atoms with Gasteiger partial charge in [-0.2, -0.15) is 0 Å². The number of rotatable bonds is 6. The minimum absolute atomic E-state index is 0.0511. The molecule has 1 amide bonds. The quantitative estimate of drug-likeness (QED) is 0.330. The van der Waals surface area contributed by atoms with Crippen LogP contribution in [-0.4, -0.2) is 27.0 Å². The van der Waals surface area contributed by atoms with Gasteiger partial charge in [0.15, 0.2) is 5.16 Å². The summed E-state index contributed by atoms with van der Waals surface area (Å²) in [5, 5.41) is 1.29. The average molecular weight is 443 g/mol. The molecule has 0 saturated carbocycles. The normalized spacial score (nSPS) is 13.8. The van der Waals surface area contributed by atoms with Crippen molar-refractivity contribution in [3.63, 3.8) is 0 Å². The third-order valence-electron chi connectivity index (χ3n) is 5.58. The third-order valence-corrected chi connectivity index (χ3v) is 6.63. The number of carbonyl (C=O) groups excluding carboxylic acids is 1. The molecule has 0 radical (unpaired) electrons. The zero-order valence-electron chi connectivity index (χ0n) is 17.5. The van der Waals surface area contributed by atoms with Gasteiger partial charge < -0.3 is 4.90 Å². The molecule has 1 fully saturated rings. The zero-order valence-corrected chi connectivity index (χ0v) is 18.3. The molecule has 32 heavy (non-hydrogen) atoms. The van der Waals surface area contributed by atoms with Crippen LogP contribution in [0.3, 0.4) is 0 Å². The molecular weight excluding hydrogens is 420 g/mol. The summed E-state index contributed by atoms with van der Waals surface area (Å²) < 4.78 is 1.72. The van der Waals surface area contributed by atoms with Gasteiger partial charge in [0.1, 0.15) is 0 Å². The first-order valence-electron chi connectivity index (χ1n) is 10.6. The maximum Gasteiger partial charge on any atom is 0.262 e. The van der Waals surface area contributed by atoms with E-state index in [2.05, 4.69) is 4.98 Å². The van der Waals surface area contributed by atoms with Gasteiger partial charge in [-0.3, -0.25) is 19.1 Å². The Morgan fingerprint density at radius 3 is 2.53 bits per heavy atom. The highest BCUT2D eigenvalue weighted by molar-refractivity contribution is 7.98. The summed E-state index contributed by atoms with van der Waals surface area (Å²) in [5.74, 6) is 0.860. The van der Waals surface area contributed by atoms with Gasteiger partial charge in [0.25, 0.3) is 5.56 Å². The third kappa shape index (κ3) is 4.16. The fraction of sp³-hybridized carbons (Fsp3) is 0.200. The van der Waals surface area contributed by atoms with Crippen LogP contribution in [0.4, 0.5) is 5.69 Å². The van der Waals surface area contributed by atoms with Crippen LogP contribution in [0.15, 0.2) is 83.0 Å². The average Bonchev–Trinajstić information content (AvgIpc) is 3.26. The molecule has 2 aromatic heterocycles. The first-order valence-corrected chi connectivity index (χ1v) is 11.6. The van der Waals surface area contributed by atoms with Gasteiger partial charge in [-0.25, -0.2) is 4.98 Å². The summed E-state index contributed by atoms with van der Waals surface area (Å²) in [4.78, 5) is 36.0. The van der Waals surface area contributed by atoms with Crippen LogP contribution < -0.4 is 10.5 Å². The van der Waals surface area contributed by atoms with E-state index in [1.165, 1.54) is 11.8 Å². The summed E-state index contributed by atoms with van der Waals surface area (Å²) in [5.41, 5.74) is 3.66. The van der Waals surface area contributed by atoms with E-state index < -0.39 is 0 Å². The number of hydrogen-bond acceptors (Lipinski definition) is 5. The first-order chi connectivity index (χ1) is 15.7. The molecule has 1 aliphatic heterocycles. The van der Waals surface area contributed by atoms with Crippen molar-refractivity contribution in [1.82, 2.24) is 14.5 Å². The molecule has 2 aromatic carbocycles. The molecule has 4 aromatic rings. The van der Waals surface area contributed by atoms with Crippen molar-refractivity contribution in [3.05, 3.63) is 94.5 Å². The standard InChI is InChI=1S/C25H22N4O2S/c30-23-8-4-14-28(23)20-11-9-18(10-12-20)17-32-25-27-22-7-2-1-6-21(22)24(31)29(25)16-19-5-3-13-26-15-19/h1-3,5-7,9-13,15H,4,8,14,16-17H2. The number of hydrogen-bond donors (Lipinski definition) is 0. The van der Waals surface area contributed by atoms with Crippen LogP contribution in [0, 0.1) is 0 Å². The topological polar surface area (TPSA) is 68.1 Å². The van der Waals surface area contributed by atoms with Crippen LogP contribution >= 0.6 is 11.8 Å². The molecule has 6 nitrogen and oxygen atoms in total. The van der Waals surface area contributed by atoms with E-state index in [0.29, 0.717) is 34.8 Å². The number of fused-ring (bicyclic) bond motifs is 1. The Labute approximate surface area is 189 Å². The fourth-order valence-electron chi connectivity index (χ4n) is 3.91. The van der Waals surface area contributed by atoms with Crippen LogP contribution in [0.1, 0.15) is 24.0 Å². The summed E-state index contributed by atoms with van der Waals surface area (Å²) in [6.45, 7) is 1.21. The molecule has 0 spiro atoms. The number of nitrogens with zero attached hydrogens (tertiary/aromatic N) is 4. The van der Waals surface area contributed by atoms with Gasteiger partial charge in [-0.1, -0.05) is 42.1 Å². The molecule has 0 aliphatic carbocycles. The van der Waals surface area contributed by atoms with Gasteiger partial charge in [-0.05, 0) is 47.9 Å². The van der Waals surface area contributed by atoms with Crippen molar-refractivity contribution in [2.24, 2.45) is 0 Å². The summed E-state index contributed by atoms with van der Waals surface area (Å²) >= 11 is 1.54. The molecule has 1 saturated heterocycles. The highest BCUT2D eigenvalue weighted by Crippen LogP contribution is 2.26. The van der Waals surface area contributed by atoms with Crippen LogP contribution in [0.5, 0.6) is 0 Å². The van der Waals surface area contributed by atoms with Crippen molar-refractivity contribution in [3.8, 4) is 0 Å². The lowest BCUT2D eigenvalue weighted by Gasteiger charge is -2.16. The Hall–Kier alpha value is -3.45. The second-order valence-electron chi connectivity index (χ2n) is 7.77. The van der Waals surface area contributed by atoms with Crippen molar-refractivity contribution in [1.29, 1.82) is 0 Å².